The number of carbonyl (C=O) groups is 1. The SMILES string of the molecule is CC(C)C(N)CCN(C)C(=O)Cc1ccc2c(c1)OCO2.Cl. The Hall–Kier alpha value is -1.46. The van der Waals surface area contributed by atoms with Gasteiger partial charge in [0.25, 0.3) is 0 Å². The maximum absolute atomic E-state index is 12.2. The number of halogens is 1. The highest BCUT2D eigenvalue weighted by Crippen LogP contribution is 2.32. The smallest absolute Gasteiger partial charge is 0.231 e. The maximum Gasteiger partial charge on any atom is 0.231 e. The summed E-state index contributed by atoms with van der Waals surface area (Å²) in [5.41, 5.74) is 6.95. The molecule has 2 rings (SSSR count). The molecule has 2 N–H and O–H groups in total. The van der Waals surface area contributed by atoms with Crippen LogP contribution < -0.4 is 15.2 Å². The first-order chi connectivity index (χ1) is 9.97. The highest BCUT2D eigenvalue weighted by Gasteiger charge is 2.16. The zero-order valence-electron chi connectivity index (χ0n) is 13.4. The highest BCUT2D eigenvalue weighted by molar-refractivity contribution is 5.85. The first-order valence-electron chi connectivity index (χ1n) is 7.35. The molecular formula is C16H25ClN2O3. The lowest BCUT2D eigenvalue weighted by molar-refractivity contribution is -0.129. The lowest BCUT2D eigenvalue weighted by Crippen LogP contribution is -2.35. The van der Waals surface area contributed by atoms with Crippen molar-refractivity contribution in [2.24, 2.45) is 11.7 Å². The van der Waals surface area contributed by atoms with Crippen LogP contribution in [0.4, 0.5) is 0 Å². The van der Waals surface area contributed by atoms with Gasteiger partial charge in [0.1, 0.15) is 0 Å². The predicted octanol–water partition coefficient (Wildman–Crippen LogP) is 2.21. The van der Waals surface area contributed by atoms with Crippen molar-refractivity contribution in [2.45, 2.75) is 32.7 Å². The number of nitrogens with zero attached hydrogens (tertiary/aromatic N) is 1. The van der Waals surface area contributed by atoms with Crippen LogP contribution in [0.25, 0.3) is 0 Å². The molecule has 5 nitrogen and oxygen atoms in total. The summed E-state index contributed by atoms with van der Waals surface area (Å²) in [7, 11) is 1.82. The van der Waals surface area contributed by atoms with E-state index >= 15 is 0 Å². The summed E-state index contributed by atoms with van der Waals surface area (Å²) < 4.78 is 10.6. The van der Waals surface area contributed by atoms with Gasteiger partial charge >= 0.3 is 0 Å². The Morgan fingerprint density at radius 1 is 1.32 bits per heavy atom. The summed E-state index contributed by atoms with van der Waals surface area (Å²) in [5, 5.41) is 0. The molecule has 0 aromatic heterocycles. The Balaban J connectivity index is 0.00000242. The van der Waals surface area contributed by atoms with Crippen LogP contribution in [0, 0.1) is 5.92 Å². The fourth-order valence-corrected chi connectivity index (χ4v) is 2.16. The van der Waals surface area contributed by atoms with Crippen LogP contribution in [-0.4, -0.2) is 37.2 Å². The van der Waals surface area contributed by atoms with Crippen LogP contribution in [0.1, 0.15) is 25.8 Å². The number of ether oxygens (including phenoxy) is 2. The van der Waals surface area contributed by atoms with E-state index in [1.165, 1.54) is 0 Å². The Morgan fingerprint density at radius 2 is 2.00 bits per heavy atom. The van der Waals surface area contributed by atoms with Gasteiger partial charge in [-0.15, -0.1) is 12.4 Å². The molecule has 0 spiro atoms. The minimum Gasteiger partial charge on any atom is -0.454 e. The van der Waals surface area contributed by atoms with E-state index in [9.17, 15) is 4.79 Å². The number of fused-ring (bicyclic) bond motifs is 1. The molecule has 0 radical (unpaired) electrons. The second kappa shape index (κ2) is 8.25. The molecule has 6 heteroatoms. The van der Waals surface area contributed by atoms with Crippen LogP contribution in [0.3, 0.4) is 0 Å². The standard InChI is InChI=1S/C16H24N2O3.ClH/c1-11(2)13(17)6-7-18(3)16(19)9-12-4-5-14-15(8-12)21-10-20-14;/h4-5,8,11,13H,6-7,9-10,17H2,1-3H3;1H. The van der Waals surface area contributed by atoms with E-state index in [-0.39, 0.29) is 31.1 Å². The molecule has 0 bridgehead atoms. The van der Waals surface area contributed by atoms with E-state index in [1.54, 1.807) is 4.90 Å². The van der Waals surface area contributed by atoms with Crippen molar-refractivity contribution in [2.75, 3.05) is 20.4 Å². The van der Waals surface area contributed by atoms with Gasteiger partial charge in [0, 0.05) is 19.6 Å². The van der Waals surface area contributed by atoms with Crippen LogP contribution >= 0.6 is 12.4 Å². The summed E-state index contributed by atoms with van der Waals surface area (Å²) in [6.45, 7) is 5.13. The van der Waals surface area contributed by atoms with Crippen molar-refractivity contribution in [3.8, 4) is 11.5 Å². The average Bonchev–Trinajstić information content (AvgIpc) is 2.91. The van der Waals surface area contributed by atoms with Gasteiger partial charge in [0.2, 0.25) is 12.7 Å². The van der Waals surface area contributed by atoms with Crippen LogP contribution in [0.5, 0.6) is 11.5 Å². The first-order valence-corrected chi connectivity index (χ1v) is 7.35. The Kier molecular flexibility index (Phi) is 6.97. The number of benzene rings is 1. The Bertz CT molecular complexity index is 508. The fourth-order valence-electron chi connectivity index (χ4n) is 2.16. The highest BCUT2D eigenvalue weighted by atomic mass is 35.5. The normalized spacial score (nSPS) is 13.7. The van der Waals surface area contributed by atoms with E-state index in [4.69, 9.17) is 15.2 Å². The van der Waals surface area contributed by atoms with Gasteiger partial charge < -0.3 is 20.1 Å². The van der Waals surface area contributed by atoms with Gasteiger partial charge in [-0.25, -0.2) is 0 Å². The molecule has 1 aliphatic rings. The zero-order valence-corrected chi connectivity index (χ0v) is 14.2. The van der Waals surface area contributed by atoms with E-state index < -0.39 is 0 Å². The van der Waals surface area contributed by atoms with E-state index in [2.05, 4.69) is 13.8 Å². The van der Waals surface area contributed by atoms with Crippen molar-refractivity contribution >= 4 is 18.3 Å². The molecule has 1 aromatic rings. The number of hydrogen-bond donors (Lipinski definition) is 1. The number of carbonyl (C=O) groups excluding carboxylic acids is 1. The van der Waals surface area contributed by atoms with Gasteiger partial charge in [-0.05, 0) is 30.0 Å². The average molecular weight is 329 g/mol. The Morgan fingerprint density at radius 3 is 2.68 bits per heavy atom. The third kappa shape index (κ3) is 4.78. The minimum atomic E-state index is 0. The summed E-state index contributed by atoms with van der Waals surface area (Å²) in [4.78, 5) is 14.0. The van der Waals surface area contributed by atoms with Crippen molar-refractivity contribution < 1.29 is 14.3 Å². The summed E-state index contributed by atoms with van der Waals surface area (Å²) >= 11 is 0. The predicted molar refractivity (Wildman–Crippen MR) is 88.6 cm³/mol. The van der Waals surface area contributed by atoms with Crippen molar-refractivity contribution in [3.05, 3.63) is 23.8 Å². The van der Waals surface area contributed by atoms with Crippen molar-refractivity contribution in [1.29, 1.82) is 0 Å². The number of amides is 1. The molecule has 1 aromatic carbocycles. The maximum atomic E-state index is 12.2. The van der Waals surface area contributed by atoms with Gasteiger partial charge in [-0.2, -0.15) is 0 Å². The summed E-state index contributed by atoms with van der Waals surface area (Å²) in [6, 6.07) is 5.75. The number of nitrogens with two attached hydrogens (primary N) is 1. The molecular weight excluding hydrogens is 304 g/mol. The quantitative estimate of drug-likeness (QED) is 0.869. The second-order valence-corrected chi connectivity index (χ2v) is 5.88. The van der Waals surface area contributed by atoms with E-state index in [0.29, 0.717) is 24.6 Å². The molecule has 1 aliphatic heterocycles. The van der Waals surface area contributed by atoms with Crippen LogP contribution in [0.15, 0.2) is 18.2 Å². The van der Waals surface area contributed by atoms with Gasteiger partial charge in [-0.3, -0.25) is 4.79 Å². The molecule has 1 unspecified atom stereocenters. The molecule has 1 heterocycles. The molecule has 22 heavy (non-hydrogen) atoms. The van der Waals surface area contributed by atoms with Crippen molar-refractivity contribution in [1.82, 2.24) is 4.90 Å². The third-order valence-electron chi connectivity index (χ3n) is 3.87. The number of rotatable bonds is 6. The Labute approximate surface area is 138 Å². The molecule has 0 saturated heterocycles. The molecule has 1 atom stereocenters. The van der Waals surface area contributed by atoms with E-state index in [1.807, 2.05) is 25.2 Å². The molecule has 0 aliphatic carbocycles. The molecule has 124 valence electrons. The number of likely N-dealkylation sites (N-methyl/N-ethyl adjacent to an activating group) is 1. The summed E-state index contributed by atoms with van der Waals surface area (Å²) in [5.74, 6) is 1.97. The minimum absolute atomic E-state index is 0. The van der Waals surface area contributed by atoms with Crippen LogP contribution in [-0.2, 0) is 11.2 Å². The topological polar surface area (TPSA) is 64.8 Å². The van der Waals surface area contributed by atoms with Gasteiger partial charge in [0.15, 0.2) is 11.5 Å². The lowest BCUT2D eigenvalue weighted by Gasteiger charge is -2.21. The zero-order chi connectivity index (χ0) is 15.4. The molecule has 0 saturated carbocycles. The second-order valence-electron chi connectivity index (χ2n) is 5.88. The first kappa shape index (κ1) is 18.6. The number of hydrogen-bond acceptors (Lipinski definition) is 4. The molecule has 1 amide bonds. The third-order valence-corrected chi connectivity index (χ3v) is 3.87. The fraction of sp³-hybridized carbons (Fsp3) is 0.562. The summed E-state index contributed by atoms with van der Waals surface area (Å²) in [6.07, 6.45) is 1.19. The van der Waals surface area contributed by atoms with Gasteiger partial charge in [0.05, 0.1) is 6.42 Å². The van der Waals surface area contributed by atoms with Gasteiger partial charge in [-0.1, -0.05) is 19.9 Å². The largest absolute Gasteiger partial charge is 0.454 e. The van der Waals surface area contributed by atoms with Crippen molar-refractivity contribution in [3.63, 3.8) is 0 Å². The molecule has 0 fully saturated rings. The monoisotopic (exact) mass is 328 g/mol. The lowest BCUT2D eigenvalue weighted by atomic mass is 10.0. The van der Waals surface area contributed by atoms with E-state index in [0.717, 1.165) is 17.7 Å². The van der Waals surface area contributed by atoms with Crippen LogP contribution in [0.2, 0.25) is 0 Å².